The maximum atomic E-state index is 13.5. The number of fused-ring (bicyclic) bond motifs is 3. The Morgan fingerprint density at radius 3 is 2.86 bits per heavy atom. The van der Waals surface area contributed by atoms with Gasteiger partial charge in [-0.15, -0.1) is 0 Å². The maximum absolute atomic E-state index is 13.5. The van der Waals surface area contributed by atoms with Gasteiger partial charge in [0.2, 0.25) is 5.66 Å². The molecule has 6 nitrogen and oxygen atoms in total. The van der Waals surface area contributed by atoms with Crippen molar-refractivity contribution in [3.05, 3.63) is 41.5 Å². The number of benzene rings is 1. The quantitative estimate of drug-likeness (QED) is 0.407. The number of ether oxygens (including phenoxy) is 1. The van der Waals surface area contributed by atoms with Crippen molar-refractivity contribution in [1.29, 1.82) is 0 Å². The third-order valence-electron chi connectivity index (χ3n) is 8.64. The molecule has 4 bridgehead atoms. The van der Waals surface area contributed by atoms with Crippen molar-refractivity contribution in [3.63, 3.8) is 0 Å². The van der Waals surface area contributed by atoms with Crippen LogP contribution >= 0.6 is 0 Å². The lowest BCUT2D eigenvalue weighted by Gasteiger charge is -2.58. The van der Waals surface area contributed by atoms with Crippen LogP contribution in [0.5, 0.6) is 0 Å². The summed E-state index contributed by atoms with van der Waals surface area (Å²) in [6.45, 7) is 3.26. The number of aliphatic hydroxyl groups is 2. The number of rotatable bonds is 2. The van der Waals surface area contributed by atoms with E-state index in [-0.39, 0.29) is 18.5 Å². The average Bonchev–Trinajstić information content (AvgIpc) is 3.12. The number of para-hydroxylation sites is 1. The van der Waals surface area contributed by atoms with Crippen LogP contribution in [-0.4, -0.2) is 66.3 Å². The van der Waals surface area contributed by atoms with Gasteiger partial charge in [0, 0.05) is 18.0 Å². The molecule has 28 heavy (non-hydrogen) atoms. The Balaban J connectivity index is 1.96. The molecule has 2 unspecified atom stereocenters. The number of hydrogen-bond acceptors (Lipinski definition) is 5. The molecule has 4 aliphatic heterocycles. The summed E-state index contributed by atoms with van der Waals surface area (Å²) in [6.07, 6.45) is 2.59. The third-order valence-corrected chi connectivity index (χ3v) is 8.64. The first-order valence-corrected chi connectivity index (χ1v) is 10.1. The highest BCUT2D eigenvalue weighted by molar-refractivity contribution is 5.85. The highest BCUT2D eigenvalue weighted by atomic mass is 16.5. The molecule has 3 saturated heterocycles. The Hall–Kier alpha value is -1.89. The van der Waals surface area contributed by atoms with Gasteiger partial charge in [-0.2, -0.15) is 0 Å². The van der Waals surface area contributed by atoms with Gasteiger partial charge in [0.15, 0.2) is 0 Å². The summed E-state index contributed by atoms with van der Waals surface area (Å²) in [5, 5.41) is 26.2. The molecular weight excluding hydrogens is 356 g/mol. The van der Waals surface area contributed by atoms with Gasteiger partial charge >= 0.3 is 5.97 Å². The number of anilines is 1. The number of quaternary nitrogens is 1. The first kappa shape index (κ1) is 18.2. The summed E-state index contributed by atoms with van der Waals surface area (Å²) in [6, 6.07) is 8.04. The van der Waals surface area contributed by atoms with Crippen LogP contribution in [0.4, 0.5) is 5.69 Å². The van der Waals surface area contributed by atoms with Gasteiger partial charge in [-0.1, -0.05) is 24.3 Å². The second-order valence-electron chi connectivity index (χ2n) is 9.16. The minimum absolute atomic E-state index is 0.258. The van der Waals surface area contributed by atoms with Crippen molar-refractivity contribution in [1.82, 2.24) is 0 Å². The smallest absolute Gasteiger partial charge is 0.316 e. The molecule has 0 amide bonds. The number of hydrogen-bond donors (Lipinski definition) is 3. The summed E-state index contributed by atoms with van der Waals surface area (Å²) < 4.78 is 5.98. The molecule has 6 atom stereocenters. The van der Waals surface area contributed by atoms with E-state index in [9.17, 15) is 15.0 Å². The summed E-state index contributed by atoms with van der Waals surface area (Å²) in [7, 11) is 3.59. The van der Waals surface area contributed by atoms with E-state index < -0.39 is 22.6 Å². The molecule has 6 rings (SSSR count). The van der Waals surface area contributed by atoms with Crippen molar-refractivity contribution < 1.29 is 24.2 Å². The van der Waals surface area contributed by atoms with Crippen LogP contribution in [0.3, 0.4) is 0 Å². The van der Waals surface area contributed by atoms with Gasteiger partial charge < -0.3 is 20.3 Å². The van der Waals surface area contributed by atoms with Crippen LogP contribution in [0.2, 0.25) is 0 Å². The van der Waals surface area contributed by atoms with E-state index in [1.54, 1.807) is 0 Å². The van der Waals surface area contributed by atoms with Crippen molar-refractivity contribution in [2.45, 2.75) is 36.9 Å². The molecule has 0 radical (unpaired) electrons. The standard InChI is InChI=1S/C22H29N2O4/c1-4-14-12-24(2)10-9-21-15-7-5-6-8-17(15)23-22(21,24)18(26)11-16(14)20(21,13-25)19(27)28-3/h4-8,16,18,23,25-26H,9-13H2,1-3H3/q+1/b14-4-/t16-,18?,20-,21-,22?,24-/m0/s1. The number of carbonyl (C=O) groups is 1. The Morgan fingerprint density at radius 1 is 1.43 bits per heavy atom. The normalized spacial score (nSPS) is 46.7. The van der Waals surface area contributed by atoms with Crippen LogP contribution < -0.4 is 5.32 Å². The lowest BCUT2D eigenvalue weighted by Crippen LogP contribution is -2.78. The number of likely N-dealkylation sites (N-methyl/N-ethyl adjacent to an activating group) is 1. The molecule has 4 fully saturated rings. The highest BCUT2D eigenvalue weighted by Crippen LogP contribution is 2.74. The van der Waals surface area contributed by atoms with Gasteiger partial charge in [0.25, 0.3) is 0 Å². The Kier molecular flexibility index (Phi) is 3.49. The van der Waals surface area contributed by atoms with Crippen molar-refractivity contribution >= 4 is 11.7 Å². The predicted octanol–water partition coefficient (Wildman–Crippen LogP) is 1.39. The molecule has 1 aromatic rings. The first-order chi connectivity index (χ1) is 13.4. The first-order valence-electron chi connectivity index (χ1n) is 10.1. The average molecular weight is 385 g/mol. The van der Waals surface area contributed by atoms with Crippen LogP contribution in [0, 0.1) is 11.3 Å². The van der Waals surface area contributed by atoms with E-state index in [1.807, 2.05) is 25.1 Å². The van der Waals surface area contributed by atoms with Gasteiger partial charge in [-0.3, -0.25) is 9.28 Å². The van der Waals surface area contributed by atoms with Crippen LogP contribution in [0.1, 0.15) is 25.3 Å². The molecule has 1 saturated carbocycles. The zero-order valence-corrected chi connectivity index (χ0v) is 16.7. The zero-order chi connectivity index (χ0) is 19.9. The number of nitrogens with one attached hydrogen (secondary N) is 1. The number of methoxy groups -OCH3 is 1. The molecule has 1 aliphatic carbocycles. The molecule has 150 valence electrons. The van der Waals surface area contributed by atoms with E-state index in [4.69, 9.17) is 4.74 Å². The van der Waals surface area contributed by atoms with Crippen molar-refractivity contribution in [2.24, 2.45) is 11.3 Å². The molecule has 1 aromatic carbocycles. The molecular formula is C22H29N2O4+. The number of esters is 1. The fraction of sp³-hybridized carbons (Fsp3) is 0.591. The fourth-order valence-electron chi connectivity index (χ4n) is 7.70. The lowest BCUT2D eigenvalue weighted by atomic mass is 9.45. The zero-order valence-electron chi connectivity index (χ0n) is 16.7. The topological polar surface area (TPSA) is 78.8 Å². The summed E-state index contributed by atoms with van der Waals surface area (Å²) in [5.74, 6) is -0.629. The molecule has 1 spiro atoms. The second kappa shape index (κ2) is 5.38. The Bertz CT molecular complexity index is 900. The van der Waals surface area contributed by atoms with Gasteiger partial charge in [0.05, 0.1) is 32.7 Å². The minimum Gasteiger partial charge on any atom is -0.468 e. The van der Waals surface area contributed by atoms with E-state index in [1.165, 1.54) is 7.11 Å². The molecule has 3 N–H and O–H groups in total. The van der Waals surface area contributed by atoms with Crippen LogP contribution in [-0.2, 0) is 14.9 Å². The van der Waals surface area contributed by atoms with Gasteiger partial charge in [0.1, 0.15) is 18.1 Å². The molecule has 0 aromatic heterocycles. The number of aliphatic hydroxyl groups excluding tert-OH is 2. The van der Waals surface area contributed by atoms with Crippen molar-refractivity contribution in [2.75, 3.05) is 39.2 Å². The number of nitrogens with zero attached hydrogens (tertiary/aromatic N) is 1. The van der Waals surface area contributed by atoms with Crippen molar-refractivity contribution in [3.8, 4) is 0 Å². The number of allylic oxidation sites excluding steroid dienone is 1. The van der Waals surface area contributed by atoms with Crippen LogP contribution in [0.25, 0.3) is 0 Å². The van der Waals surface area contributed by atoms with E-state index in [2.05, 4.69) is 24.5 Å². The Labute approximate surface area is 165 Å². The fourth-order valence-corrected chi connectivity index (χ4v) is 7.70. The maximum Gasteiger partial charge on any atom is 0.316 e. The largest absolute Gasteiger partial charge is 0.468 e. The molecule has 5 aliphatic rings. The summed E-state index contributed by atoms with van der Waals surface area (Å²) >= 11 is 0. The number of carbonyl (C=O) groups excluding carboxylic acids is 1. The monoisotopic (exact) mass is 385 g/mol. The van der Waals surface area contributed by atoms with Gasteiger partial charge in [-0.25, -0.2) is 0 Å². The SMILES string of the molecule is C/C=C1/C[N@+]2(C)CC[C@@]34c5ccccc5NC32C(O)C[C@@H]1[C@@]4(CO)C(=O)OC. The second-order valence-corrected chi connectivity index (χ2v) is 9.16. The highest BCUT2D eigenvalue weighted by Gasteiger charge is 2.88. The minimum atomic E-state index is -1.13. The predicted molar refractivity (Wildman–Crippen MR) is 104 cm³/mol. The summed E-state index contributed by atoms with van der Waals surface area (Å²) in [4.78, 5) is 13.5. The van der Waals surface area contributed by atoms with E-state index in [0.29, 0.717) is 17.3 Å². The van der Waals surface area contributed by atoms with Gasteiger partial charge in [-0.05, 0) is 30.5 Å². The summed E-state index contributed by atoms with van der Waals surface area (Å²) in [5.41, 5.74) is 0.476. The van der Waals surface area contributed by atoms with E-state index >= 15 is 0 Å². The lowest BCUT2D eigenvalue weighted by molar-refractivity contribution is -0.944. The molecule has 4 heterocycles. The Morgan fingerprint density at radius 2 is 2.18 bits per heavy atom. The van der Waals surface area contributed by atoms with Crippen LogP contribution in [0.15, 0.2) is 35.9 Å². The third kappa shape index (κ3) is 1.52. The van der Waals surface area contributed by atoms with E-state index in [0.717, 1.165) is 29.9 Å². The molecule has 6 heteroatoms.